The zero-order chi connectivity index (χ0) is 16.8. The number of carbonyl (C=O) groups is 1. The number of carbonyl (C=O) groups excluding carboxylic acids is 1. The predicted octanol–water partition coefficient (Wildman–Crippen LogP) is 3.39. The molecule has 0 unspecified atom stereocenters. The molecule has 1 aromatic rings. The summed E-state index contributed by atoms with van der Waals surface area (Å²) in [5, 5.41) is 9.31. The second-order valence-corrected chi connectivity index (χ2v) is 6.59. The zero-order valence-electron chi connectivity index (χ0n) is 14.5. The first kappa shape index (κ1) is 18.7. The summed E-state index contributed by atoms with van der Waals surface area (Å²) in [6, 6.07) is 6.01. The molecule has 0 bridgehead atoms. The molecular formula is C18H29NO3. The molecule has 0 saturated carbocycles. The van der Waals surface area contributed by atoms with Crippen LogP contribution in [0.5, 0.6) is 0 Å². The van der Waals surface area contributed by atoms with Crippen LogP contribution in [-0.4, -0.2) is 31.0 Å². The molecule has 0 aliphatic rings. The number of para-hydroxylation sites is 1. The molecule has 0 aliphatic heterocycles. The van der Waals surface area contributed by atoms with E-state index in [4.69, 9.17) is 4.74 Å². The molecule has 124 valence electrons. The lowest BCUT2D eigenvalue weighted by Crippen LogP contribution is -2.37. The van der Waals surface area contributed by atoms with E-state index in [-0.39, 0.29) is 18.1 Å². The smallest absolute Gasteiger partial charge is 0.254 e. The number of unbranched alkanes of at least 4 members (excludes halogenated alkanes) is 1. The van der Waals surface area contributed by atoms with Crippen LogP contribution in [0.15, 0.2) is 18.2 Å². The molecular weight excluding hydrogens is 278 g/mol. The van der Waals surface area contributed by atoms with Gasteiger partial charge in [-0.3, -0.25) is 9.69 Å². The fourth-order valence-corrected chi connectivity index (χ4v) is 2.37. The first-order valence-electron chi connectivity index (χ1n) is 7.92. The first-order valence-corrected chi connectivity index (χ1v) is 7.92. The van der Waals surface area contributed by atoms with Crippen molar-refractivity contribution in [3.05, 3.63) is 29.3 Å². The summed E-state index contributed by atoms with van der Waals surface area (Å²) in [6.07, 6.45) is 2.01. The quantitative estimate of drug-likeness (QED) is 0.620. The van der Waals surface area contributed by atoms with Crippen molar-refractivity contribution in [1.29, 1.82) is 0 Å². The Morgan fingerprint density at radius 2 is 2.00 bits per heavy atom. The molecule has 1 N–H and O–H groups in total. The Balaban J connectivity index is 3.16. The van der Waals surface area contributed by atoms with E-state index in [0.717, 1.165) is 29.7 Å². The van der Waals surface area contributed by atoms with Gasteiger partial charge in [-0.15, -0.1) is 0 Å². The Bertz CT molecular complexity index is 492. The molecule has 0 atom stereocenters. The second-order valence-electron chi connectivity index (χ2n) is 6.59. The highest BCUT2D eigenvalue weighted by Gasteiger charge is 2.25. The van der Waals surface area contributed by atoms with Gasteiger partial charge in [-0.05, 0) is 29.9 Å². The Morgan fingerprint density at radius 3 is 2.55 bits per heavy atom. The number of hydrogen-bond donors (Lipinski definition) is 1. The topological polar surface area (TPSA) is 49.8 Å². The lowest BCUT2D eigenvalue weighted by molar-refractivity contribution is -0.122. The monoisotopic (exact) mass is 307 g/mol. The van der Waals surface area contributed by atoms with Crippen LogP contribution in [0, 0.1) is 6.92 Å². The van der Waals surface area contributed by atoms with Gasteiger partial charge in [0.15, 0.2) is 0 Å². The Labute approximate surface area is 134 Å². The molecule has 1 aromatic carbocycles. The van der Waals surface area contributed by atoms with E-state index >= 15 is 0 Å². The van der Waals surface area contributed by atoms with Gasteiger partial charge in [0.1, 0.15) is 13.3 Å². The molecule has 0 spiro atoms. The van der Waals surface area contributed by atoms with Gasteiger partial charge in [-0.25, -0.2) is 0 Å². The number of hydrogen-bond acceptors (Lipinski definition) is 3. The van der Waals surface area contributed by atoms with Gasteiger partial charge >= 0.3 is 0 Å². The maximum absolute atomic E-state index is 12.2. The zero-order valence-corrected chi connectivity index (χ0v) is 14.5. The van der Waals surface area contributed by atoms with Gasteiger partial charge in [-0.1, -0.05) is 52.3 Å². The van der Waals surface area contributed by atoms with E-state index in [1.54, 1.807) is 4.90 Å². The number of ether oxygens (including phenoxy) is 1. The fraction of sp³-hybridized carbons (Fsp3) is 0.611. The summed E-state index contributed by atoms with van der Waals surface area (Å²) < 4.78 is 5.63. The van der Waals surface area contributed by atoms with Crippen molar-refractivity contribution < 1.29 is 14.6 Å². The first-order chi connectivity index (χ1) is 10.3. The third-order valence-corrected chi connectivity index (χ3v) is 3.61. The Morgan fingerprint density at radius 1 is 1.32 bits per heavy atom. The summed E-state index contributed by atoms with van der Waals surface area (Å²) in [5.41, 5.74) is 2.84. The van der Waals surface area contributed by atoms with Gasteiger partial charge in [0.05, 0.1) is 5.69 Å². The molecule has 22 heavy (non-hydrogen) atoms. The number of rotatable bonds is 7. The third-order valence-electron chi connectivity index (χ3n) is 3.61. The lowest BCUT2D eigenvalue weighted by atomic mass is 9.84. The molecule has 0 fully saturated rings. The van der Waals surface area contributed by atoms with Crippen LogP contribution in [0.2, 0.25) is 0 Å². The molecule has 0 aliphatic carbocycles. The van der Waals surface area contributed by atoms with E-state index in [2.05, 4.69) is 27.7 Å². The van der Waals surface area contributed by atoms with Gasteiger partial charge in [0.2, 0.25) is 0 Å². The van der Waals surface area contributed by atoms with Crippen LogP contribution in [0.25, 0.3) is 0 Å². The number of amides is 1. The van der Waals surface area contributed by atoms with Crippen LogP contribution in [0.1, 0.15) is 51.7 Å². The van der Waals surface area contributed by atoms with Gasteiger partial charge < -0.3 is 9.84 Å². The summed E-state index contributed by atoms with van der Waals surface area (Å²) in [5.74, 6) is -0.337. The number of aliphatic hydroxyl groups excluding tert-OH is 1. The van der Waals surface area contributed by atoms with Gasteiger partial charge in [-0.2, -0.15) is 0 Å². The van der Waals surface area contributed by atoms with Gasteiger partial charge in [0.25, 0.3) is 5.91 Å². The van der Waals surface area contributed by atoms with Crippen molar-refractivity contribution in [3.63, 3.8) is 0 Å². The molecule has 1 rings (SSSR count). The van der Waals surface area contributed by atoms with Crippen molar-refractivity contribution in [2.45, 2.75) is 52.9 Å². The van der Waals surface area contributed by atoms with Crippen LogP contribution in [0.4, 0.5) is 5.69 Å². The number of benzene rings is 1. The minimum atomic E-state index is -0.519. The molecule has 4 heteroatoms. The molecule has 0 radical (unpaired) electrons. The summed E-state index contributed by atoms with van der Waals surface area (Å²) in [6.45, 7) is 10.7. The standard InChI is InChI=1S/C18H29NO3/c1-6-7-11-22-13-19(16(21)12-20)17-14(2)9-8-10-15(17)18(3,4)5/h8-10,20H,6-7,11-13H2,1-5H3. The highest BCUT2D eigenvalue weighted by molar-refractivity contribution is 5.95. The SMILES string of the molecule is CCCCOCN(C(=O)CO)c1c(C)cccc1C(C)(C)C. The number of aliphatic hydroxyl groups is 1. The Hall–Kier alpha value is -1.39. The summed E-state index contributed by atoms with van der Waals surface area (Å²) in [4.78, 5) is 13.8. The number of aryl methyl sites for hydroxylation is 1. The van der Waals surface area contributed by atoms with E-state index in [0.29, 0.717) is 6.61 Å². The molecule has 1 amide bonds. The molecule has 0 saturated heterocycles. The number of nitrogens with zero attached hydrogens (tertiary/aromatic N) is 1. The van der Waals surface area contributed by atoms with Crippen LogP contribution >= 0.6 is 0 Å². The largest absolute Gasteiger partial charge is 0.387 e. The van der Waals surface area contributed by atoms with Crippen molar-refractivity contribution in [2.24, 2.45) is 0 Å². The van der Waals surface area contributed by atoms with E-state index in [9.17, 15) is 9.90 Å². The third kappa shape index (κ3) is 4.82. The van der Waals surface area contributed by atoms with Crippen LogP contribution in [-0.2, 0) is 14.9 Å². The van der Waals surface area contributed by atoms with Crippen molar-refractivity contribution in [2.75, 3.05) is 24.8 Å². The number of anilines is 1. The average molecular weight is 307 g/mol. The second kappa shape index (κ2) is 8.30. The maximum atomic E-state index is 12.2. The lowest BCUT2D eigenvalue weighted by Gasteiger charge is -2.31. The minimum absolute atomic E-state index is 0.0985. The molecule has 4 nitrogen and oxygen atoms in total. The van der Waals surface area contributed by atoms with Crippen molar-refractivity contribution in [1.82, 2.24) is 0 Å². The highest BCUT2D eigenvalue weighted by atomic mass is 16.5. The highest BCUT2D eigenvalue weighted by Crippen LogP contribution is 2.34. The average Bonchev–Trinajstić information content (AvgIpc) is 2.46. The summed E-state index contributed by atoms with van der Waals surface area (Å²) in [7, 11) is 0. The normalized spacial score (nSPS) is 11.5. The van der Waals surface area contributed by atoms with Crippen molar-refractivity contribution >= 4 is 11.6 Å². The van der Waals surface area contributed by atoms with Gasteiger partial charge in [0, 0.05) is 6.61 Å². The van der Waals surface area contributed by atoms with E-state index in [1.807, 2.05) is 25.1 Å². The van der Waals surface area contributed by atoms with Crippen LogP contribution in [0.3, 0.4) is 0 Å². The Kier molecular flexibility index (Phi) is 7.04. The van der Waals surface area contributed by atoms with E-state index in [1.165, 1.54) is 0 Å². The molecule has 0 aromatic heterocycles. The minimum Gasteiger partial charge on any atom is -0.387 e. The van der Waals surface area contributed by atoms with Crippen LogP contribution < -0.4 is 4.90 Å². The van der Waals surface area contributed by atoms with Crippen molar-refractivity contribution in [3.8, 4) is 0 Å². The molecule has 0 heterocycles. The van der Waals surface area contributed by atoms with E-state index < -0.39 is 6.61 Å². The maximum Gasteiger partial charge on any atom is 0.254 e. The fourth-order valence-electron chi connectivity index (χ4n) is 2.37. The predicted molar refractivity (Wildman–Crippen MR) is 90.2 cm³/mol. The summed E-state index contributed by atoms with van der Waals surface area (Å²) >= 11 is 0.